The number of morpholine rings is 2. The number of nitrogens with one attached hydrogen (secondary N) is 2. The van der Waals surface area contributed by atoms with E-state index in [1.165, 1.54) is 0 Å². The molecule has 3 rings (SSSR count). The molecule has 0 aliphatic carbocycles. The highest BCUT2D eigenvalue weighted by molar-refractivity contribution is 5.85. The first-order valence-corrected chi connectivity index (χ1v) is 8.15. The number of nitrogens with zero attached hydrogens (tertiary/aromatic N) is 2. The lowest BCUT2D eigenvalue weighted by Crippen LogP contribution is -2.55. The smallest absolute Gasteiger partial charge is 0.240 e. The Hall–Kier alpha value is -1.12. The van der Waals surface area contributed by atoms with E-state index in [2.05, 4.69) is 20.5 Å². The van der Waals surface area contributed by atoms with E-state index < -0.39 is 0 Å². The zero-order valence-corrected chi connectivity index (χ0v) is 15.9. The van der Waals surface area contributed by atoms with Crippen LogP contribution in [0.3, 0.4) is 0 Å². The highest BCUT2D eigenvalue weighted by Gasteiger charge is 2.28. The fourth-order valence-electron chi connectivity index (χ4n) is 2.95. The zero-order chi connectivity index (χ0) is 16.1. The Kier molecular flexibility index (Phi) is 9.45. The molecule has 0 radical (unpaired) electrons. The van der Waals surface area contributed by atoms with Gasteiger partial charge in [0.15, 0.2) is 0 Å². The number of hydrogen-bond acceptors (Lipinski definition) is 6. The van der Waals surface area contributed by atoms with Crippen molar-refractivity contribution in [2.24, 2.45) is 0 Å². The molecule has 2 saturated heterocycles. The molecule has 25 heavy (non-hydrogen) atoms. The molecular weight excluding hydrogens is 367 g/mol. The van der Waals surface area contributed by atoms with Crippen molar-refractivity contribution in [2.75, 3.05) is 44.4 Å². The van der Waals surface area contributed by atoms with Crippen LogP contribution < -0.4 is 15.5 Å². The van der Waals surface area contributed by atoms with Gasteiger partial charge in [-0.3, -0.25) is 4.79 Å². The molecule has 0 unspecified atom stereocenters. The minimum absolute atomic E-state index is 0. The average Bonchev–Trinajstić information content (AvgIpc) is 2.61. The highest BCUT2D eigenvalue weighted by atomic mass is 35.5. The number of carbonyl (C=O) groups excluding carboxylic acids is 1. The molecule has 2 atom stereocenters. The van der Waals surface area contributed by atoms with Gasteiger partial charge in [0.2, 0.25) is 5.91 Å². The number of hydrogen-bond donors (Lipinski definition) is 2. The number of aromatic nitrogens is 1. The monoisotopic (exact) mass is 392 g/mol. The molecule has 2 aliphatic rings. The number of pyridine rings is 1. The van der Waals surface area contributed by atoms with Crippen molar-refractivity contribution in [3.05, 3.63) is 23.9 Å². The van der Waals surface area contributed by atoms with Crippen LogP contribution in [0.25, 0.3) is 0 Å². The maximum atomic E-state index is 12.4. The summed E-state index contributed by atoms with van der Waals surface area (Å²) in [5.41, 5.74) is 1.02. The van der Waals surface area contributed by atoms with Gasteiger partial charge in [0.1, 0.15) is 11.9 Å². The largest absolute Gasteiger partial charge is 0.378 e. The summed E-state index contributed by atoms with van der Waals surface area (Å²) in [5.74, 6) is 0.894. The Morgan fingerprint density at radius 2 is 2.12 bits per heavy atom. The summed E-state index contributed by atoms with van der Waals surface area (Å²) in [7, 11) is 0. The van der Waals surface area contributed by atoms with Crippen LogP contribution >= 0.6 is 24.8 Å². The third-order valence-corrected chi connectivity index (χ3v) is 4.23. The number of ether oxygens (including phenoxy) is 2. The predicted octanol–water partition coefficient (Wildman–Crippen LogP) is 0.755. The minimum atomic E-state index is -0.299. The lowest BCUT2D eigenvalue weighted by Gasteiger charge is -2.30. The topological polar surface area (TPSA) is 75.7 Å². The first-order valence-electron chi connectivity index (χ1n) is 8.15. The van der Waals surface area contributed by atoms with E-state index in [1.54, 1.807) is 6.20 Å². The van der Waals surface area contributed by atoms with E-state index in [9.17, 15) is 4.79 Å². The van der Waals surface area contributed by atoms with Gasteiger partial charge >= 0.3 is 0 Å². The summed E-state index contributed by atoms with van der Waals surface area (Å²) in [6.07, 6.45) is 1.67. The Morgan fingerprint density at radius 3 is 2.84 bits per heavy atom. The molecule has 7 nitrogen and oxygen atoms in total. The molecule has 142 valence electrons. The van der Waals surface area contributed by atoms with E-state index in [4.69, 9.17) is 9.47 Å². The van der Waals surface area contributed by atoms with Crippen molar-refractivity contribution >= 4 is 36.5 Å². The summed E-state index contributed by atoms with van der Waals surface area (Å²) in [6, 6.07) is 3.61. The van der Waals surface area contributed by atoms with Crippen LogP contribution in [-0.2, 0) is 20.8 Å². The molecule has 0 bridgehead atoms. The van der Waals surface area contributed by atoms with Crippen molar-refractivity contribution in [3.8, 4) is 0 Å². The molecule has 9 heteroatoms. The molecule has 2 fully saturated rings. The minimum Gasteiger partial charge on any atom is -0.378 e. The Labute approximate surface area is 160 Å². The van der Waals surface area contributed by atoms with Crippen LogP contribution in [0.4, 0.5) is 5.82 Å². The first-order chi connectivity index (χ1) is 11.3. The zero-order valence-electron chi connectivity index (χ0n) is 14.3. The number of rotatable bonds is 4. The van der Waals surface area contributed by atoms with Crippen LogP contribution in [0.5, 0.6) is 0 Å². The SMILES string of the molecule is C[C@H]1OCCN[C@@H]1C(=O)NCc1cccnc1N1CCOCC1.Cl.Cl. The van der Waals surface area contributed by atoms with Crippen LogP contribution in [0.1, 0.15) is 12.5 Å². The van der Waals surface area contributed by atoms with E-state index in [-0.39, 0.29) is 42.9 Å². The molecule has 1 amide bonds. The van der Waals surface area contributed by atoms with Crippen LogP contribution in [0.2, 0.25) is 0 Å². The molecule has 0 saturated carbocycles. The summed E-state index contributed by atoms with van der Waals surface area (Å²) < 4.78 is 10.9. The number of anilines is 1. The third-order valence-electron chi connectivity index (χ3n) is 4.23. The Bertz CT molecular complexity index is 544. The molecule has 3 heterocycles. The van der Waals surface area contributed by atoms with E-state index in [0.717, 1.165) is 24.5 Å². The van der Waals surface area contributed by atoms with Crippen molar-refractivity contribution in [2.45, 2.75) is 25.6 Å². The summed E-state index contributed by atoms with van der Waals surface area (Å²) in [5, 5.41) is 6.20. The average molecular weight is 393 g/mol. The highest BCUT2D eigenvalue weighted by Crippen LogP contribution is 2.18. The fraction of sp³-hybridized carbons (Fsp3) is 0.625. The van der Waals surface area contributed by atoms with Crippen molar-refractivity contribution in [1.82, 2.24) is 15.6 Å². The van der Waals surface area contributed by atoms with Gasteiger partial charge in [-0.25, -0.2) is 4.98 Å². The first kappa shape index (κ1) is 21.9. The Balaban J connectivity index is 0.00000156. The molecule has 1 aromatic heterocycles. The summed E-state index contributed by atoms with van der Waals surface area (Å²) >= 11 is 0. The van der Waals surface area contributed by atoms with Gasteiger partial charge in [0.25, 0.3) is 0 Å². The second kappa shape index (κ2) is 10.8. The summed E-state index contributed by atoms with van der Waals surface area (Å²) in [4.78, 5) is 19.1. The lowest BCUT2D eigenvalue weighted by molar-refractivity contribution is -0.129. The molecule has 0 aromatic carbocycles. The Morgan fingerprint density at radius 1 is 1.36 bits per heavy atom. The predicted molar refractivity (Wildman–Crippen MR) is 101 cm³/mol. The van der Waals surface area contributed by atoms with Crippen LogP contribution in [-0.4, -0.2) is 62.5 Å². The van der Waals surface area contributed by atoms with E-state index in [0.29, 0.717) is 32.9 Å². The van der Waals surface area contributed by atoms with Gasteiger partial charge in [-0.1, -0.05) is 6.07 Å². The molecular formula is C16H26Cl2N4O3. The maximum absolute atomic E-state index is 12.4. The normalized spacial score (nSPS) is 23.2. The van der Waals surface area contributed by atoms with Gasteiger partial charge < -0.3 is 25.0 Å². The molecule has 2 N–H and O–H groups in total. The van der Waals surface area contributed by atoms with Gasteiger partial charge in [-0.15, -0.1) is 24.8 Å². The fourth-order valence-corrected chi connectivity index (χ4v) is 2.95. The van der Waals surface area contributed by atoms with Crippen LogP contribution in [0.15, 0.2) is 18.3 Å². The quantitative estimate of drug-likeness (QED) is 0.787. The number of amides is 1. The third kappa shape index (κ3) is 5.69. The van der Waals surface area contributed by atoms with Gasteiger partial charge in [0, 0.05) is 37.9 Å². The van der Waals surface area contributed by atoms with Gasteiger partial charge in [-0.2, -0.15) is 0 Å². The number of halogens is 2. The van der Waals surface area contributed by atoms with Crippen molar-refractivity contribution in [3.63, 3.8) is 0 Å². The van der Waals surface area contributed by atoms with Crippen molar-refractivity contribution < 1.29 is 14.3 Å². The van der Waals surface area contributed by atoms with Gasteiger partial charge in [0.05, 0.1) is 25.9 Å². The molecule has 0 spiro atoms. The molecule has 2 aliphatic heterocycles. The second-order valence-corrected chi connectivity index (χ2v) is 5.81. The van der Waals surface area contributed by atoms with E-state index in [1.807, 2.05) is 19.1 Å². The molecule has 1 aromatic rings. The van der Waals surface area contributed by atoms with Crippen molar-refractivity contribution in [1.29, 1.82) is 0 Å². The number of carbonyl (C=O) groups is 1. The second-order valence-electron chi connectivity index (χ2n) is 5.81. The van der Waals surface area contributed by atoms with Gasteiger partial charge in [-0.05, 0) is 13.0 Å². The lowest BCUT2D eigenvalue weighted by atomic mass is 10.1. The van der Waals surface area contributed by atoms with E-state index >= 15 is 0 Å². The maximum Gasteiger partial charge on any atom is 0.240 e. The summed E-state index contributed by atoms with van der Waals surface area (Å²) in [6.45, 7) is 6.81. The standard InChI is InChI=1S/C16H24N4O3.2ClH/c1-12-14(17-5-8-23-12)16(21)19-11-13-3-2-4-18-15(13)20-6-9-22-10-7-20;;/h2-4,12,14,17H,5-11H2,1H3,(H,19,21);2*1H/t12-,14+;;/m1../s1. The van der Waals surface area contributed by atoms with Crippen LogP contribution in [0, 0.1) is 0 Å².